The molecule has 0 bridgehead atoms. The first kappa shape index (κ1) is 23.7. The van der Waals surface area contributed by atoms with E-state index in [9.17, 15) is 23.2 Å². The van der Waals surface area contributed by atoms with Gasteiger partial charge in [0.1, 0.15) is 6.42 Å². The maximum atomic E-state index is 10.9. The van der Waals surface area contributed by atoms with Crippen LogP contribution in [0.4, 0.5) is 5.69 Å². The maximum Gasteiger partial charge on any atom is 0.317 e. The van der Waals surface area contributed by atoms with Crippen LogP contribution in [-0.4, -0.2) is 58.5 Å². The number of benzene rings is 1. The maximum absolute atomic E-state index is 10.9. The first-order chi connectivity index (χ1) is 12.0. The Bertz CT molecular complexity index is 668. The molecule has 0 aromatic heterocycles. The predicted molar refractivity (Wildman–Crippen MR) is 90.8 cm³/mol. The molecular weight excluding hydrogens is 413 g/mol. The minimum absolute atomic E-state index is 0.00951. The van der Waals surface area contributed by atoms with Gasteiger partial charge in [0, 0.05) is 0 Å². The Labute approximate surface area is 153 Å². The van der Waals surface area contributed by atoms with Crippen molar-refractivity contribution < 1.29 is 40.9 Å². The van der Waals surface area contributed by atoms with Gasteiger partial charge in [-0.1, -0.05) is 0 Å². The van der Waals surface area contributed by atoms with Crippen LogP contribution in [0.5, 0.6) is 5.75 Å². The van der Waals surface area contributed by atoms with Gasteiger partial charge in [-0.25, -0.2) is 0 Å². The van der Waals surface area contributed by atoms with Crippen LogP contribution in [0, 0.1) is 0 Å². The second-order valence-electron chi connectivity index (χ2n) is 4.71. The summed E-state index contributed by atoms with van der Waals surface area (Å²) in [5.41, 5.74) is -0.00951. The summed E-state index contributed by atoms with van der Waals surface area (Å²) in [7, 11) is 0. The van der Waals surface area contributed by atoms with Crippen LogP contribution >= 0.6 is 0 Å². The fourth-order valence-corrected chi connectivity index (χ4v) is 2.72. The molecule has 1 aromatic carbocycles. The van der Waals surface area contributed by atoms with E-state index >= 15 is 0 Å². The summed E-state index contributed by atoms with van der Waals surface area (Å²) in [6, 6.07) is 3.32. The molecule has 0 unspecified atom stereocenters. The van der Waals surface area contributed by atoms with Crippen molar-refractivity contribution in [2.75, 3.05) is 18.5 Å². The van der Waals surface area contributed by atoms with Crippen molar-refractivity contribution in [1.29, 1.82) is 0 Å². The third-order valence-corrected chi connectivity index (χ3v) is 4.52. The summed E-state index contributed by atoms with van der Waals surface area (Å²) in [4.78, 5) is 31.9. The second-order valence-corrected chi connectivity index (χ2v) is 8.08. The quantitative estimate of drug-likeness (QED) is 0.198. The number of hydrogen-bond acceptors (Lipinski definition) is 7. The van der Waals surface area contributed by atoms with Gasteiger partial charge >= 0.3 is 100 Å². The van der Waals surface area contributed by atoms with Gasteiger partial charge < -0.3 is 9.47 Å². The molecule has 146 valence electrons. The molecule has 10 nitrogen and oxygen atoms in total. The summed E-state index contributed by atoms with van der Waals surface area (Å²) in [5, 5.41) is 11.6. The summed E-state index contributed by atoms with van der Waals surface area (Å²) in [6.45, 7) is 5.18. The second kappa shape index (κ2) is 11.3. The SMILES string of the molecule is CC(=O)Nc1cc([As](=O)(O)O)ccc1O.CCOC(=O)CC(=O)OCC. The molecule has 0 aliphatic carbocycles. The number of hydrogen-bond donors (Lipinski definition) is 4. The van der Waals surface area contributed by atoms with Crippen LogP contribution in [0.1, 0.15) is 27.2 Å². The zero-order valence-corrected chi connectivity index (χ0v) is 16.5. The van der Waals surface area contributed by atoms with Crippen LogP contribution in [0.2, 0.25) is 0 Å². The fraction of sp³-hybridized carbons (Fsp3) is 0.400. The summed E-state index contributed by atoms with van der Waals surface area (Å²) in [5.74, 6) is -1.74. The van der Waals surface area contributed by atoms with E-state index in [1.807, 2.05) is 0 Å². The van der Waals surface area contributed by atoms with Crippen LogP contribution in [-0.2, 0) is 27.6 Å². The Kier molecular flexibility index (Phi) is 10.3. The minimum Gasteiger partial charge on any atom is -0.466 e. The molecule has 0 radical (unpaired) electrons. The topological polar surface area (TPSA) is 159 Å². The van der Waals surface area contributed by atoms with Crippen LogP contribution < -0.4 is 9.67 Å². The number of carbonyl (C=O) groups is 3. The van der Waals surface area contributed by atoms with Crippen molar-refractivity contribution in [2.45, 2.75) is 27.2 Å². The Morgan fingerprint density at radius 1 is 1.08 bits per heavy atom. The molecule has 11 heteroatoms. The number of nitrogens with one attached hydrogen (secondary N) is 1. The molecule has 0 heterocycles. The Hall–Kier alpha value is -2.29. The van der Waals surface area contributed by atoms with E-state index in [0.29, 0.717) is 0 Å². The van der Waals surface area contributed by atoms with E-state index in [4.69, 9.17) is 8.19 Å². The van der Waals surface area contributed by atoms with Gasteiger partial charge in [-0.3, -0.25) is 9.59 Å². The van der Waals surface area contributed by atoms with E-state index in [-0.39, 0.29) is 35.4 Å². The molecule has 1 aromatic rings. The van der Waals surface area contributed by atoms with Gasteiger partial charge in [0.15, 0.2) is 0 Å². The number of aromatic hydroxyl groups is 1. The van der Waals surface area contributed by atoms with E-state index in [0.717, 1.165) is 18.2 Å². The van der Waals surface area contributed by atoms with Crippen molar-refractivity contribution in [3.05, 3.63) is 18.2 Å². The first-order valence-corrected chi connectivity index (χ1v) is 10.9. The molecule has 0 spiro atoms. The Morgan fingerprint density at radius 3 is 1.96 bits per heavy atom. The zero-order valence-electron chi connectivity index (χ0n) is 14.6. The molecule has 1 rings (SSSR count). The third kappa shape index (κ3) is 9.87. The molecule has 0 atom stereocenters. The van der Waals surface area contributed by atoms with Gasteiger partial charge in [-0.2, -0.15) is 0 Å². The number of phenolic OH excluding ortho intramolecular Hbond substituents is 1. The van der Waals surface area contributed by atoms with Crippen molar-refractivity contribution in [1.82, 2.24) is 0 Å². The monoisotopic (exact) mass is 435 g/mol. The Morgan fingerprint density at radius 2 is 1.58 bits per heavy atom. The van der Waals surface area contributed by atoms with Crippen molar-refractivity contribution in [3.8, 4) is 5.75 Å². The average Bonchev–Trinajstić information content (AvgIpc) is 2.49. The minimum atomic E-state index is -4.98. The number of phenols is 1. The van der Waals surface area contributed by atoms with Crippen molar-refractivity contribution in [3.63, 3.8) is 0 Å². The molecule has 0 aliphatic heterocycles. The molecular formula is C15H22AsNO9. The van der Waals surface area contributed by atoms with E-state index in [1.165, 1.54) is 6.92 Å². The number of amides is 1. The number of anilines is 1. The standard InChI is InChI=1S/C8H10AsNO5.C7H12O4/c1-5(11)10-7-4-6(9(13,14)15)2-3-8(7)12;1-3-10-6(8)5-7(9)11-4-2/h2-4,12H,1H3,(H,10,11)(H2,13,14,15);3-5H2,1-2H3. The van der Waals surface area contributed by atoms with Crippen LogP contribution in [0.15, 0.2) is 18.2 Å². The van der Waals surface area contributed by atoms with Gasteiger partial charge in [0.2, 0.25) is 0 Å². The summed E-state index contributed by atoms with van der Waals surface area (Å²) in [6.07, 6.45) is -0.290. The third-order valence-electron chi connectivity index (χ3n) is 2.53. The summed E-state index contributed by atoms with van der Waals surface area (Å²) < 4.78 is 37.6. The zero-order chi connectivity index (χ0) is 20.3. The fourth-order valence-electron chi connectivity index (χ4n) is 1.54. The molecule has 0 saturated heterocycles. The van der Waals surface area contributed by atoms with Crippen LogP contribution in [0.3, 0.4) is 0 Å². The van der Waals surface area contributed by atoms with Gasteiger partial charge in [0.05, 0.1) is 13.2 Å². The number of carbonyl (C=O) groups excluding carboxylic acids is 3. The average molecular weight is 435 g/mol. The van der Waals surface area contributed by atoms with Gasteiger partial charge in [-0.15, -0.1) is 0 Å². The predicted octanol–water partition coefficient (Wildman–Crippen LogP) is -0.586. The molecule has 26 heavy (non-hydrogen) atoms. The van der Waals surface area contributed by atoms with Crippen molar-refractivity contribution in [2.24, 2.45) is 0 Å². The van der Waals surface area contributed by atoms with Crippen LogP contribution in [0.25, 0.3) is 0 Å². The van der Waals surface area contributed by atoms with Crippen molar-refractivity contribution >= 4 is 42.1 Å². The number of ether oxygens (including phenoxy) is 2. The van der Waals surface area contributed by atoms with E-state index < -0.39 is 32.0 Å². The van der Waals surface area contributed by atoms with E-state index in [2.05, 4.69) is 14.8 Å². The molecule has 0 aliphatic rings. The Balaban J connectivity index is 0.000000508. The smallest absolute Gasteiger partial charge is 0.317 e. The molecule has 0 saturated carbocycles. The van der Waals surface area contributed by atoms with Gasteiger partial charge in [0.25, 0.3) is 0 Å². The largest absolute Gasteiger partial charge is 0.466 e. The summed E-state index contributed by atoms with van der Waals surface area (Å²) >= 11 is -4.98. The number of rotatable bonds is 6. The normalized spacial score (nSPS) is 10.2. The molecule has 0 fully saturated rings. The van der Waals surface area contributed by atoms with Gasteiger partial charge in [-0.05, 0) is 13.8 Å². The number of esters is 2. The molecule has 4 N–H and O–H groups in total. The molecule has 1 amide bonds. The van der Waals surface area contributed by atoms with E-state index in [1.54, 1.807) is 13.8 Å². The first-order valence-electron chi connectivity index (χ1n) is 7.49.